The first-order valence-electron chi connectivity index (χ1n) is 5.31. The number of nitrogens with zero attached hydrogens (tertiary/aromatic N) is 1. The maximum absolute atomic E-state index is 6.31. The second-order valence-electron chi connectivity index (χ2n) is 3.81. The van der Waals surface area contributed by atoms with Crippen molar-refractivity contribution in [2.75, 3.05) is 0 Å². The average Bonchev–Trinajstić information content (AvgIpc) is 2.29. The van der Waals surface area contributed by atoms with Gasteiger partial charge >= 0.3 is 0 Å². The van der Waals surface area contributed by atoms with E-state index in [1.165, 1.54) is 10.9 Å². The van der Waals surface area contributed by atoms with Crippen LogP contribution in [0.4, 0.5) is 0 Å². The van der Waals surface area contributed by atoms with E-state index in [1.54, 1.807) is 0 Å². The van der Waals surface area contributed by atoms with Gasteiger partial charge in [0.2, 0.25) is 0 Å². The zero-order valence-corrected chi connectivity index (χ0v) is 10.9. The zero-order chi connectivity index (χ0) is 11.7. The minimum Gasteiger partial charge on any atom is -0.250 e. The predicted molar refractivity (Wildman–Crippen MR) is 70.4 cm³/mol. The molecule has 3 heteroatoms. The quantitative estimate of drug-likeness (QED) is 0.719. The molecule has 0 amide bonds. The lowest BCUT2D eigenvalue weighted by Crippen LogP contribution is -1.97. The summed E-state index contributed by atoms with van der Waals surface area (Å²) >= 11 is 12.2. The van der Waals surface area contributed by atoms with Crippen LogP contribution in [0.15, 0.2) is 18.2 Å². The molecule has 0 aliphatic carbocycles. The van der Waals surface area contributed by atoms with Crippen molar-refractivity contribution in [1.82, 2.24) is 4.98 Å². The van der Waals surface area contributed by atoms with Crippen LogP contribution in [-0.2, 0) is 12.3 Å². The maximum atomic E-state index is 6.31. The molecule has 0 saturated heterocycles. The molecule has 0 unspecified atom stereocenters. The fourth-order valence-corrected chi connectivity index (χ4v) is 2.64. The molecule has 0 spiro atoms. The SMILES string of the molecule is CCc1c(Cl)c(CCl)nc2cccc(C)c12. The van der Waals surface area contributed by atoms with Crippen LogP contribution in [0.5, 0.6) is 0 Å². The van der Waals surface area contributed by atoms with Crippen molar-refractivity contribution in [3.05, 3.63) is 40.0 Å². The van der Waals surface area contributed by atoms with Crippen molar-refractivity contribution < 1.29 is 0 Å². The van der Waals surface area contributed by atoms with Crippen molar-refractivity contribution >= 4 is 34.1 Å². The van der Waals surface area contributed by atoms with Crippen LogP contribution in [0, 0.1) is 6.92 Å². The van der Waals surface area contributed by atoms with Crippen molar-refractivity contribution in [3.63, 3.8) is 0 Å². The number of pyridine rings is 1. The van der Waals surface area contributed by atoms with E-state index in [2.05, 4.69) is 24.9 Å². The topological polar surface area (TPSA) is 12.9 Å². The van der Waals surface area contributed by atoms with E-state index < -0.39 is 0 Å². The lowest BCUT2D eigenvalue weighted by atomic mass is 10.0. The number of benzene rings is 1. The number of rotatable bonds is 2. The van der Waals surface area contributed by atoms with E-state index in [0.29, 0.717) is 5.88 Å². The minimum absolute atomic E-state index is 0.357. The summed E-state index contributed by atoms with van der Waals surface area (Å²) in [6.07, 6.45) is 0.895. The normalized spacial score (nSPS) is 11.0. The number of fused-ring (bicyclic) bond motifs is 1. The fraction of sp³-hybridized carbons (Fsp3) is 0.308. The summed E-state index contributed by atoms with van der Waals surface area (Å²) < 4.78 is 0. The summed E-state index contributed by atoms with van der Waals surface area (Å²) in [5.41, 5.74) is 4.13. The van der Waals surface area contributed by atoms with Crippen molar-refractivity contribution in [3.8, 4) is 0 Å². The third-order valence-electron chi connectivity index (χ3n) is 2.81. The van der Waals surface area contributed by atoms with E-state index in [-0.39, 0.29) is 0 Å². The smallest absolute Gasteiger partial charge is 0.0747 e. The van der Waals surface area contributed by atoms with E-state index in [0.717, 1.165) is 28.2 Å². The summed E-state index contributed by atoms with van der Waals surface area (Å²) in [4.78, 5) is 4.50. The Labute approximate surface area is 105 Å². The Morgan fingerprint density at radius 1 is 1.31 bits per heavy atom. The molecule has 0 radical (unpaired) electrons. The standard InChI is InChI=1S/C13H13Cl2N/c1-3-9-12-8(2)5-4-6-10(12)16-11(7-14)13(9)15/h4-6H,3,7H2,1-2H3. The molecule has 1 nitrogen and oxygen atoms in total. The van der Waals surface area contributed by atoms with Gasteiger partial charge in [-0.1, -0.05) is 30.7 Å². The van der Waals surface area contributed by atoms with Crippen LogP contribution in [0.3, 0.4) is 0 Å². The highest BCUT2D eigenvalue weighted by atomic mass is 35.5. The number of hydrogen-bond acceptors (Lipinski definition) is 1. The fourth-order valence-electron chi connectivity index (χ4n) is 2.04. The van der Waals surface area contributed by atoms with Crippen molar-refractivity contribution in [1.29, 1.82) is 0 Å². The molecule has 0 fully saturated rings. The van der Waals surface area contributed by atoms with E-state index in [4.69, 9.17) is 23.2 Å². The Balaban J connectivity index is 2.90. The monoisotopic (exact) mass is 253 g/mol. The summed E-state index contributed by atoms with van der Waals surface area (Å²) in [7, 11) is 0. The van der Waals surface area contributed by atoms with Crippen molar-refractivity contribution in [2.45, 2.75) is 26.1 Å². The van der Waals surface area contributed by atoms with Gasteiger partial charge in [0.15, 0.2) is 0 Å². The highest BCUT2D eigenvalue weighted by Crippen LogP contribution is 2.30. The number of hydrogen-bond donors (Lipinski definition) is 0. The zero-order valence-electron chi connectivity index (χ0n) is 9.35. The molecule has 84 valence electrons. The van der Waals surface area contributed by atoms with Crippen LogP contribution in [0.1, 0.15) is 23.7 Å². The largest absolute Gasteiger partial charge is 0.250 e. The van der Waals surface area contributed by atoms with Crippen LogP contribution >= 0.6 is 23.2 Å². The van der Waals surface area contributed by atoms with Crippen LogP contribution in [0.2, 0.25) is 5.02 Å². The van der Waals surface area contributed by atoms with Crippen molar-refractivity contribution in [2.24, 2.45) is 0 Å². The number of aryl methyl sites for hydroxylation is 2. The van der Waals surface area contributed by atoms with Crippen LogP contribution in [-0.4, -0.2) is 4.98 Å². The molecule has 0 saturated carbocycles. The predicted octanol–water partition coefficient (Wildman–Crippen LogP) is 4.50. The molecule has 0 bridgehead atoms. The molecule has 0 aliphatic heterocycles. The van der Waals surface area contributed by atoms with Gasteiger partial charge in [-0.05, 0) is 30.5 Å². The number of alkyl halides is 1. The molecule has 2 aromatic rings. The third-order valence-corrected chi connectivity index (χ3v) is 3.51. The van der Waals surface area contributed by atoms with Gasteiger partial charge in [0.05, 0.1) is 22.1 Å². The summed E-state index contributed by atoms with van der Waals surface area (Å²) in [6.45, 7) is 4.19. The summed E-state index contributed by atoms with van der Waals surface area (Å²) in [5, 5.41) is 1.89. The summed E-state index contributed by atoms with van der Waals surface area (Å²) in [5.74, 6) is 0.357. The van der Waals surface area contributed by atoms with Gasteiger partial charge in [0, 0.05) is 5.39 Å². The Bertz CT molecular complexity index is 535. The first kappa shape index (κ1) is 11.7. The molecule has 1 heterocycles. The first-order valence-corrected chi connectivity index (χ1v) is 6.22. The van der Waals surface area contributed by atoms with Gasteiger partial charge in [-0.2, -0.15) is 0 Å². The molecule has 2 rings (SSSR count). The Morgan fingerprint density at radius 2 is 2.06 bits per heavy atom. The lowest BCUT2D eigenvalue weighted by molar-refractivity contribution is 1.11. The Hall–Kier alpha value is -0.790. The molecule has 16 heavy (non-hydrogen) atoms. The first-order chi connectivity index (χ1) is 7.69. The van der Waals surface area contributed by atoms with E-state index in [1.807, 2.05) is 12.1 Å². The molecule has 1 aromatic heterocycles. The Morgan fingerprint density at radius 3 is 2.69 bits per heavy atom. The van der Waals surface area contributed by atoms with Gasteiger partial charge in [-0.3, -0.25) is 0 Å². The average molecular weight is 254 g/mol. The summed E-state index contributed by atoms with van der Waals surface area (Å²) in [6, 6.07) is 6.10. The highest BCUT2D eigenvalue weighted by molar-refractivity contribution is 6.33. The molecular weight excluding hydrogens is 241 g/mol. The molecule has 0 aliphatic rings. The molecular formula is C13H13Cl2N. The number of aromatic nitrogens is 1. The second-order valence-corrected chi connectivity index (χ2v) is 4.45. The van der Waals surface area contributed by atoms with Gasteiger partial charge in [-0.15, -0.1) is 11.6 Å². The van der Waals surface area contributed by atoms with E-state index >= 15 is 0 Å². The molecule has 0 atom stereocenters. The lowest BCUT2D eigenvalue weighted by Gasteiger charge is -2.12. The van der Waals surface area contributed by atoms with Crippen LogP contribution < -0.4 is 0 Å². The van der Waals surface area contributed by atoms with Gasteiger partial charge in [0.25, 0.3) is 0 Å². The van der Waals surface area contributed by atoms with Gasteiger partial charge in [0.1, 0.15) is 0 Å². The third kappa shape index (κ3) is 1.79. The highest BCUT2D eigenvalue weighted by Gasteiger charge is 2.12. The van der Waals surface area contributed by atoms with Crippen LogP contribution in [0.25, 0.3) is 10.9 Å². The van der Waals surface area contributed by atoms with Gasteiger partial charge < -0.3 is 0 Å². The minimum atomic E-state index is 0.357. The second kappa shape index (κ2) is 4.60. The number of halogens is 2. The molecule has 1 aromatic carbocycles. The van der Waals surface area contributed by atoms with Gasteiger partial charge in [-0.25, -0.2) is 4.98 Å². The Kier molecular flexibility index (Phi) is 3.36. The maximum Gasteiger partial charge on any atom is 0.0747 e. The molecule has 0 N–H and O–H groups in total. The van der Waals surface area contributed by atoms with E-state index in [9.17, 15) is 0 Å².